The Kier molecular flexibility index (Phi) is 4.85. The molecular formula is C22H23N7O2. The molecule has 158 valence electrons. The number of fused-ring (bicyclic) bond motifs is 1. The van der Waals surface area contributed by atoms with E-state index >= 15 is 0 Å². The maximum absolute atomic E-state index is 13.2. The highest BCUT2D eigenvalue weighted by molar-refractivity contribution is 6.05. The number of anilines is 3. The summed E-state index contributed by atoms with van der Waals surface area (Å²) in [5.74, 6) is 0.533. The summed E-state index contributed by atoms with van der Waals surface area (Å²) >= 11 is 0. The first-order chi connectivity index (χ1) is 15.1. The number of aromatic nitrogens is 4. The fourth-order valence-electron chi connectivity index (χ4n) is 3.95. The van der Waals surface area contributed by atoms with Gasteiger partial charge >= 0.3 is 0 Å². The predicted molar refractivity (Wildman–Crippen MR) is 117 cm³/mol. The monoisotopic (exact) mass is 417 g/mol. The van der Waals surface area contributed by atoms with Gasteiger partial charge in [0.15, 0.2) is 5.82 Å². The van der Waals surface area contributed by atoms with Crippen LogP contribution in [-0.4, -0.2) is 44.6 Å². The Morgan fingerprint density at radius 3 is 2.87 bits per heavy atom. The molecule has 1 fully saturated rings. The largest absolute Gasteiger partial charge is 0.376 e. The second kappa shape index (κ2) is 7.82. The van der Waals surface area contributed by atoms with E-state index in [9.17, 15) is 9.59 Å². The van der Waals surface area contributed by atoms with E-state index in [-0.39, 0.29) is 30.8 Å². The molecule has 1 aliphatic carbocycles. The number of hydrogen-bond acceptors (Lipinski definition) is 6. The van der Waals surface area contributed by atoms with Crippen molar-refractivity contribution in [1.29, 1.82) is 0 Å². The van der Waals surface area contributed by atoms with Crippen LogP contribution < -0.4 is 15.5 Å². The highest BCUT2D eigenvalue weighted by atomic mass is 16.2. The lowest BCUT2D eigenvalue weighted by molar-refractivity contribution is -0.118. The van der Waals surface area contributed by atoms with E-state index in [0.29, 0.717) is 17.4 Å². The SMILES string of the molecule is CC1CC(=O)Nc2ccccc2N1C(=O)CNc1cccc(-c2nnnn2C2CC2)c1. The second-order valence-electron chi connectivity index (χ2n) is 7.99. The molecule has 9 heteroatoms. The van der Waals surface area contributed by atoms with E-state index in [1.54, 1.807) is 4.90 Å². The van der Waals surface area contributed by atoms with Crippen LogP contribution >= 0.6 is 0 Å². The van der Waals surface area contributed by atoms with Crippen LogP contribution in [0.3, 0.4) is 0 Å². The lowest BCUT2D eigenvalue weighted by Gasteiger charge is -2.28. The Morgan fingerprint density at radius 2 is 2.03 bits per heavy atom. The van der Waals surface area contributed by atoms with E-state index in [2.05, 4.69) is 26.2 Å². The van der Waals surface area contributed by atoms with Crippen molar-refractivity contribution >= 4 is 28.9 Å². The maximum Gasteiger partial charge on any atom is 0.246 e. The molecule has 1 unspecified atom stereocenters. The Morgan fingerprint density at radius 1 is 1.19 bits per heavy atom. The zero-order valence-electron chi connectivity index (χ0n) is 17.2. The van der Waals surface area contributed by atoms with Crippen LogP contribution in [0.4, 0.5) is 17.1 Å². The standard InChI is InChI=1S/C22H23N7O2/c1-14-11-20(30)24-18-7-2-3-8-19(18)28(14)21(31)13-23-16-6-4-5-15(12-16)22-25-26-27-29(22)17-9-10-17/h2-8,12,14,17,23H,9-11,13H2,1H3,(H,24,30). The summed E-state index contributed by atoms with van der Waals surface area (Å²) in [7, 11) is 0. The number of benzene rings is 2. The van der Waals surface area contributed by atoms with Crippen LogP contribution in [0, 0.1) is 0 Å². The van der Waals surface area contributed by atoms with Gasteiger partial charge in [-0.25, -0.2) is 4.68 Å². The van der Waals surface area contributed by atoms with Crippen molar-refractivity contribution in [1.82, 2.24) is 20.2 Å². The first-order valence-electron chi connectivity index (χ1n) is 10.4. The molecule has 0 bridgehead atoms. The number of carbonyl (C=O) groups excluding carboxylic acids is 2. The van der Waals surface area contributed by atoms with Gasteiger partial charge in [0.1, 0.15) is 0 Å². The molecule has 0 saturated heterocycles. The Bertz CT molecular complexity index is 1140. The topological polar surface area (TPSA) is 105 Å². The van der Waals surface area contributed by atoms with Crippen LogP contribution in [0.25, 0.3) is 11.4 Å². The van der Waals surface area contributed by atoms with Gasteiger partial charge in [0.05, 0.1) is 24.0 Å². The molecule has 2 heterocycles. The van der Waals surface area contributed by atoms with Crippen LogP contribution in [-0.2, 0) is 9.59 Å². The zero-order chi connectivity index (χ0) is 21.4. The molecule has 0 radical (unpaired) electrons. The van der Waals surface area contributed by atoms with Gasteiger partial charge in [-0.3, -0.25) is 9.59 Å². The zero-order valence-corrected chi connectivity index (χ0v) is 17.2. The number of nitrogens with zero attached hydrogens (tertiary/aromatic N) is 5. The lowest BCUT2D eigenvalue weighted by Crippen LogP contribution is -2.42. The average Bonchev–Trinajstić information content (AvgIpc) is 3.51. The van der Waals surface area contributed by atoms with Crippen molar-refractivity contribution in [2.75, 3.05) is 22.1 Å². The predicted octanol–water partition coefficient (Wildman–Crippen LogP) is 2.85. The van der Waals surface area contributed by atoms with Gasteiger partial charge in [-0.15, -0.1) is 5.10 Å². The summed E-state index contributed by atoms with van der Waals surface area (Å²) in [4.78, 5) is 27.0. The molecule has 2 aromatic carbocycles. The summed E-state index contributed by atoms with van der Waals surface area (Å²) in [5.41, 5.74) is 3.07. The third-order valence-corrected chi connectivity index (χ3v) is 5.58. The second-order valence-corrected chi connectivity index (χ2v) is 7.99. The van der Waals surface area contributed by atoms with Crippen LogP contribution in [0.1, 0.15) is 32.2 Å². The molecule has 5 rings (SSSR count). The number of amides is 2. The van der Waals surface area contributed by atoms with Gasteiger partial charge in [-0.2, -0.15) is 0 Å². The third kappa shape index (κ3) is 3.86. The normalized spacial score (nSPS) is 18.2. The van der Waals surface area contributed by atoms with E-state index in [1.807, 2.05) is 60.1 Å². The van der Waals surface area contributed by atoms with Crippen molar-refractivity contribution in [2.24, 2.45) is 0 Å². The number of para-hydroxylation sites is 2. The molecule has 31 heavy (non-hydrogen) atoms. The van der Waals surface area contributed by atoms with Crippen molar-refractivity contribution in [2.45, 2.75) is 38.3 Å². The molecule has 1 aromatic heterocycles. The Hall–Kier alpha value is -3.75. The summed E-state index contributed by atoms with van der Waals surface area (Å²) in [6.07, 6.45) is 2.44. The molecule has 1 atom stereocenters. The minimum Gasteiger partial charge on any atom is -0.376 e. The van der Waals surface area contributed by atoms with Crippen molar-refractivity contribution < 1.29 is 9.59 Å². The van der Waals surface area contributed by atoms with E-state index in [1.165, 1.54) is 0 Å². The Labute approximate surface area is 179 Å². The smallest absolute Gasteiger partial charge is 0.246 e. The molecule has 9 nitrogen and oxygen atoms in total. The molecule has 2 N–H and O–H groups in total. The van der Waals surface area contributed by atoms with Gasteiger partial charge in [-0.05, 0) is 54.5 Å². The van der Waals surface area contributed by atoms with Crippen molar-refractivity contribution in [3.05, 3.63) is 48.5 Å². The summed E-state index contributed by atoms with van der Waals surface area (Å²) in [6, 6.07) is 15.2. The minimum absolute atomic E-state index is 0.0932. The van der Waals surface area contributed by atoms with E-state index < -0.39 is 0 Å². The van der Waals surface area contributed by atoms with Crippen molar-refractivity contribution in [3.63, 3.8) is 0 Å². The summed E-state index contributed by atoms with van der Waals surface area (Å²) in [5, 5.41) is 18.2. The van der Waals surface area contributed by atoms with Gasteiger partial charge in [-0.1, -0.05) is 24.3 Å². The van der Waals surface area contributed by atoms with Crippen LogP contribution in [0.15, 0.2) is 48.5 Å². The molecule has 1 aliphatic heterocycles. The number of hydrogen-bond donors (Lipinski definition) is 2. The number of carbonyl (C=O) groups is 2. The average molecular weight is 417 g/mol. The fourth-order valence-corrected chi connectivity index (χ4v) is 3.95. The number of rotatable bonds is 5. The summed E-state index contributed by atoms with van der Waals surface area (Å²) in [6.45, 7) is 1.99. The van der Waals surface area contributed by atoms with Gasteiger partial charge in [0, 0.05) is 23.7 Å². The maximum atomic E-state index is 13.2. The molecule has 3 aromatic rings. The van der Waals surface area contributed by atoms with Gasteiger partial charge in [0.2, 0.25) is 11.8 Å². The minimum atomic E-state index is -0.243. The van der Waals surface area contributed by atoms with Gasteiger partial charge < -0.3 is 15.5 Å². The fraction of sp³-hybridized carbons (Fsp3) is 0.318. The highest BCUT2D eigenvalue weighted by Gasteiger charge is 2.30. The van der Waals surface area contributed by atoms with E-state index in [4.69, 9.17) is 0 Å². The summed E-state index contributed by atoms with van der Waals surface area (Å²) < 4.78 is 1.87. The number of tetrazole rings is 1. The van der Waals surface area contributed by atoms with Crippen LogP contribution in [0.5, 0.6) is 0 Å². The lowest BCUT2D eigenvalue weighted by atomic mass is 10.1. The van der Waals surface area contributed by atoms with E-state index in [0.717, 1.165) is 29.9 Å². The molecule has 0 spiro atoms. The molecular weight excluding hydrogens is 394 g/mol. The van der Waals surface area contributed by atoms with Gasteiger partial charge in [0.25, 0.3) is 0 Å². The molecule has 1 saturated carbocycles. The molecule has 2 aliphatic rings. The third-order valence-electron chi connectivity index (χ3n) is 5.58. The van der Waals surface area contributed by atoms with Crippen molar-refractivity contribution in [3.8, 4) is 11.4 Å². The number of nitrogens with one attached hydrogen (secondary N) is 2. The first-order valence-corrected chi connectivity index (χ1v) is 10.4. The highest BCUT2D eigenvalue weighted by Crippen LogP contribution is 2.37. The Balaban J connectivity index is 1.34. The quantitative estimate of drug-likeness (QED) is 0.661. The van der Waals surface area contributed by atoms with Crippen LogP contribution in [0.2, 0.25) is 0 Å². The molecule has 2 amide bonds. The first kappa shape index (κ1) is 19.2.